The number of benzene rings is 2. The molecular weight excluding hydrogens is 432 g/mol. The van der Waals surface area contributed by atoms with Gasteiger partial charge in [0.25, 0.3) is 5.91 Å². The molecule has 7 heteroatoms. The Labute approximate surface area is 200 Å². The number of hydrogen-bond acceptors (Lipinski definition) is 5. The summed E-state index contributed by atoms with van der Waals surface area (Å²) >= 11 is 0. The van der Waals surface area contributed by atoms with Gasteiger partial charge in [0.15, 0.2) is 6.61 Å². The Morgan fingerprint density at radius 3 is 2.50 bits per heavy atom. The Kier molecular flexibility index (Phi) is 7.83. The Bertz CT molecular complexity index is 1020. The van der Waals surface area contributed by atoms with Crippen LogP contribution in [-0.2, 0) is 32.0 Å². The van der Waals surface area contributed by atoms with Gasteiger partial charge in [-0.2, -0.15) is 0 Å². The number of methoxy groups -OCH3 is 1. The average Bonchev–Trinajstić information content (AvgIpc) is 3.31. The zero-order chi connectivity index (χ0) is 23.9. The molecule has 7 nitrogen and oxygen atoms in total. The highest BCUT2D eigenvalue weighted by atomic mass is 16.5. The maximum absolute atomic E-state index is 13.4. The highest BCUT2D eigenvalue weighted by Gasteiger charge is 2.40. The summed E-state index contributed by atoms with van der Waals surface area (Å²) < 4.78 is 10.5. The molecule has 1 fully saturated rings. The lowest BCUT2D eigenvalue weighted by molar-refractivity contribution is -0.157. The van der Waals surface area contributed by atoms with E-state index in [0.29, 0.717) is 32.4 Å². The average molecular weight is 465 g/mol. The summed E-state index contributed by atoms with van der Waals surface area (Å²) in [6.07, 6.45) is 4.59. The van der Waals surface area contributed by atoms with E-state index in [9.17, 15) is 14.4 Å². The third kappa shape index (κ3) is 5.58. The van der Waals surface area contributed by atoms with Gasteiger partial charge in [-0.15, -0.1) is 0 Å². The van der Waals surface area contributed by atoms with Crippen LogP contribution < -0.4 is 15.0 Å². The minimum Gasteiger partial charge on any atom is -0.497 e. The van der Waals surface area contributed by atoms with Gasteiger partial charge in [-0.25, -0.2) is 0 Å². The summed E-state index contributed by atoms with van der Waals surface area (Å²) in [5.74, 6) is -0.903. The molecule has 0 bridgehead atoms. The molecule has 0 aromatic heterocycles. The summed E-state index contributed by atoms with van der Waals surface area (Å²) in [6, 6.07) is 15.6. The third-order valence-electron chi connectivity index (χ3n) is 6.78. The molecule has 0 radical (unpaired) electrons. The topological polar surface area (TPSA) is 84.9 Å². The maximum atomic E-state index is 13.4. The number of nitrogens with one attached hydrogen (secondary N) is 1. The van der Waals surface area contributed by atoms with E-state index in [1.54, 1.807) is 7.11 Å². The fraction of sp³-hybridized carbons (Fsp3) is 0.444. The van der Waals surface area contributed by atoms with E-state index in [2.05, 4.69) is 5.32 Å². The largest absolute Gasteiger partial charge is 0.497 e. The Morgan fingerprint density at radius 2 is 1.74 bits per heavy atom. The van der Waals surface area contributed by atoms with E-state index in [4.69, 9.17) is 9.47 Å². The summed E-state index contributed by atoms with van der Waals surface area (Å²) in [4.78, 5) is 40.2. The van der Waals surface area contributed by atoms with Gasteiger partial charge < -0.3 is 19.7 Å². The first-order valence-electron chi connectivity index (χ1n) is 12.0. The molecule has 180 valence electrons. The molecule has 4 rings (SSSR count). The first-order chi connectivity index (χ1) is 16.6. The number of nitrogens with zero attached hydrogens (tertiary/aromatic N) is 1. The molecule has 1 heterocycles. The van der Waals surface area contributed by atoms with Crippen molar-refractivity contribution in [2.45, 2.75) is 38.5 Å². The van der Waals surface area contributed by atoms with Gasteiger partial charge in [0.05, 0.1) is 18.9 Å². The van der Waals surface area contributed by atoms with Crippen LogP contribution in [0.5, 0.6) is 5.75 Å². The number of fused-ring (bicyclic) bond motifs is 1. The van der Waals surface area contributed by atoms with Crippen molar-refractivity contribution in [2.24, 2.45) is 11.8 Å². The highest BCUT2D eigenvalue weighted by molar-refractivity contribution is 5.99. The zero-order valence-corrected chi connectivity index (χ0v) is 19.6. The number of anilines is 1. The molecule has 1 aliphatic carbocycles. The number of carbonyl (C=O) groups excluding carboxylic acids is 3. The monoisotopic (exact) mass is 464 g/mol. The van der Waals surface area contributed by atoms with Crippen LogP contribution in [0.2, 0.25) is 0 Å². The van der Waals surface area contributed by atoms with Gasteiger partial charge in [-0.3, -0.25) is 14.4 Å². The van der Waals surface area contributed by atoms with Crippen molar-refractivity contribution in [1.82, 2.24) is 5.32 Å². The number of rotatable bonds is 8. The Morgan fingerprint density at radius 1 is 1.00 bits per heavy atom. The molecule has 34 heavy (non-hydrogen) atoms. The Hall–Kier alpha value is -3.35. The van der Waals surface area contributed by atoms with Crippen molar-refractivity contribution >= 4 is 23.5 Å². The van der Waals surface area contributed by atoms with Crippen LogP contribution in [0.3, 0.4) is 0 Å². The van der Waals surface area contributed by atoms with Crippen LogP contribution in [-0.4, -0.2) is 44.6 Å². The van der Waals surface area contributed by atoms with Crippen LogP contribution in [0.1, 0.15) is 36.8 Å². The predicted molar refractivity (Wildman–Crippen MR) is 129 cm³/mol. The van der Waals surface area contributed by atoms with E-state index >= 15 is 0 Å². The zero-order valence-electron chi connectivity index (χ0n) is 19.6. The fourth-order valence-corrected chi connectivity index (χ4v) is 4.91. The summed E-state index contributed by atoms with van der Waals surface area (Å²) in [5, 5.41) is 2.79. The van der Waals surface area contributed by atoms with Gasteiger partial charge in [0.1, 0.15) is 5.75 Å². The molecular formula is C27H32N2O5. The second-order valence-corrected chi connectivity index (χ2v) is 8.92. The number of para-hydroxylation sites is 1. The van der Waals surface area contributed by atoms with Gasteiger partial charge in [-0.05, 0) is 55.0 Å². The lowest BCUT2D eigenvalue weighted by atomic mass is 9.78. The molecule has 1 aliphatic heterocycles. The second kappa shape index (κ2) is 11.2. The fourth-order valence-electron chi connectivity index (χ4n) is 4.91. The number of ether oxygens (including phenoxy) is 2. The Balaban J connectivity index is 1.26. The van der Waals surface area contributed by atoms with Gasteiger partial charge >= 0.3 is 5.97 Å². The minimum absolute atomic E-state index is 0.00413. The maximum Gasteiger partial charge on any atom is 0.310 e. The molecule has 2 aliphatic rings. The first kappa shape index (κ1) is 23.8. The van der Waals surface area contributed by atoms with E-state index in [1.807, 2.05) is 53.4 Å². The molecule has 2 atom stereocenters. The molecule has 0 spiro atoms. The third-order valence-corrected chi connectivity index (χ3v) is 6.78. The molecule has 0 saturated heterocycles. The standard InChI is InChI=1S/C27H32N2O5/c1-33-21-12-10-19(11-13-21)14-16-28-25(30)18-34-27(32)23-8-4-3-7-22(23)26(31)29-17-15-20-6-2-5-9-24(20)29/h2,5-6,9-13,22-23H,3-4,7-8,14-18H2,1H3,(H,28,30). The normalized spacial score (nSPS) is 19.3. The summed E-state index contributed by atoms with van der Waals surface area (Å²) in [5.41, 5.74) is 3.18. The molecule has 2 amide bonds. The first-order valence-corrected chi connectivity index (χ1v) is 12.0. The predicted octanol–water partition coefficient (Wildman–Crippen LogP) is 3.29. The van der Waals surface area contributed by atoms with Crippen molar-refractivity contribution in [1.29, 1.82) is 0 Å². The van der Waals surface area contributed by atoms with Crippen molar-refractivity contribution < 1.29 is 23.9 Å². The molecule has 2 aromatic rings. The second-order valence-electron chi connectivity index (χ2n) is 8.92. The minimum atomic E-state index is -0.499. The highest BCUT2D eigenvalue weighted by Crippen LogP contribution is 2.36. The van der Waals surface area contributed by atoms with Gasteiger partial charge in [-0.1, -0.05) is 43.2 Å². The number of hydrogen-bond donors (Lipinski definition) is 1. The lowest BCUT2D eigenvalue weighted by Gasteiger charge is -2.32. The molecule has 1 saturated carbocycles. The van der Waals surface area contributed by atoms with Crippen molar-refractivity contribution in [3.63, 3.8) is 0 Å². The van der Waals surface area contributed by atoms with Crippen LogP contribution in [0.15, 0.2) is 48.5 Å². The number of esters is 1. The molecule has 2 unspecified atom stereocenters. The van der Waals surface area contributed by atoms with Crippen molar-refractivity contribution in [3.8, 4) is 5.75 Å². The van der Waals surface area contributed by atoms with E-state index < -0.39 is 17.8 Å². The van der Waals surface area contributed by atoms with Crippen LogP contribution in [0, 0.1) is 11.8 Å². The SMILES string of the molecule is COc1ccc(CCNC(=O)COC(=O)C2CCCCC2C(=O)N2CCc3ccccc32)cc1. The smallest absolute Gasteiger partial charge is 0.310 e. The van der Waals surface area contributed by atoms with Crippen LogP contribution in [0.25, 0.3) is 0 Å². The summed E-state index contributed by atoms with van der Waals surface area (Å²) in [7, 11) is 1.62. The van der Waals surface area contributed by atoms with E-state index in [0.717, 1.165) is 41.8 Å². The quantitative estimate of drug-likeness (QED) is 0.606. The van der Waals surface area contributed by atoms with E-state index in [-0.39, 0.29) is 18.4 Å². The summed E-state index contributed by atoms with van der Waals surface area (Å²) in [6.45, 7) is 0.764. The van der Waals surface area contributed by atoms with Crippen LogP contribution >= 0.6 is 0 Å². The van der Waals surface area contributed by atoms with E-state index in [1.165, 1.54) is 0 Å². The van der Waals surface area contributed by atoms with Crippen molar-refractivity contribution in [3.05, 3.63) is 59.7 Å². The lowest BCUT2D eigenvalue weighted by Crippen LogP contribution is -2.43. The number of amides is 2. The van der Waals surface area contributed by atoms with Crippen LogP contribution in [0.4, 0.5) is 5.69 Å². The number of carbonyl (C=O) groups is 3. The van der Waals surface area contributed by atoms with Crippen molar-refractivity contribution in [2.75, 3.05) is 31.7 Å². The van der Waals surface area contributed by atoms with Gasteiger partial charge in [0.2, 0.25) is 5.91 Å². The molecule has 1 N–H and O–H groups in total. The van der Waals surface area contributed by atoms with Gasteiger partial charge in [0, 0.05) is 18.8 Å². The molecule has 2 aromatic carbocycles.